The molecule has 22 heavy (non-hydrogen) atoms. The van der Waals surface area contributed by atoms with Gasteiger partial charge < -0.3 is 5.11 Å². The van der Waals surface area contributed by atoms with Crippen LogP contribution in [0.3, 0.4) is 0 Å². The van der Waals surface area contributed by atoms with Crippen molar-refractivity contribution in [1.29, 1.82) is 0 Å². The minimum atomic E-state index is -0.297. The molecule has 0 aliphatic rings. The molecule has 3 rings (SSSR count). The van der Waals surface area contributed by atoms with E-state index < -0.39 is 0 Å². The van der Waals surface area contributed by atoms with Crippen LogP contribution in [-0.2, 0) is 6.61 Å². The van der Waals surface area contributed by atoms with Gasteiger partial charge in [0.2, 0.25) is 0 Å². The van der Waals surface area contributed by atoms with Crippen molar-refractivity contribution in [2.45, 2.75) is 20.5 Å². The number of aliphatic hydroxyl groups excluding tert-OH is 1. The lowest BCUT2D eigenvalue weighted by Gasteiger charge is -2.09. The number of aliphatic hydroxyl groups is 1. The summed E-state index contributed by atoms with van der Waals surface area (Å²) in [7, 11) is 0. The molecule has 0 spiro atoms. The highest BCUT2D eigenvalue weighted by atomic mass is 19.1. The van der Waals surface area contributed by atoms with E-state index in [1.807, 2.05) is 31.2 Å². The topological polar surface area (TPSA) is 50.9 Å². The van der Waals surface area contributed by atoms with E-state index in [9.17, 15) is 9.50 Å². The number of aryl methyl sites for hydroxylation is 2. The summed E-state index contributed by atoms with van der Waals surface area (Å²) in [5.41, 5.74) is 4.26. The number of rotatable bonds is 3. The van der Waals surface area contributed by atoms with Gasteiger partial charge in [-0.25, -0.2) is 9.07 Å². The Balaban J connectivity index is 2.21. The van der Waals surface area contributed by atoms with Gasteiger partial charge in [-0.05, 0) is 37.6 Å². The molecular weight excluding hydrogens is 281 g/mol. The Hall–Kier alpha value is -2.53. The molecule has 4 nitrogen and oxygen atoms in total. The van der Waals surface area contributed by atoms with Crippen LogP contribution in [0.1, 0.15) is 16.8 Å². The molecule has 0 saturated carbocycles. The average Bonchev–Trinajstić information content (AvgIpc) is 2.94. The summed E-state index contributed by atoms with van der Waals surface area (Å²) in [6.07, 6.45) is 0. The van der Waals surface area contributed by atoms with Crippen LogP contribution in [0.2, 0.25) is 0 Å². The fourth-order valence-corrected chi connectivity index (χ4v) is 2.40. The molecule has 1 N–H and O–H groups in total. The first-order chi connectivity index (χ1) is 10.6. The maximum absolute atomic E-state index is 13.8. The van der Waals surface area contributed by atoms with Crippen LogP contribution in [0, 0.1) is 19.7 Å². The molecule has 5 heteroatoms. The zero-order valence-electron chi connectivity index (χ0n) is 12.4. The molecule has 0 amide bonds. The van der Waals surface area contributed by atoms with Crippen molar-refractivity contribution in [3.8, 4) is 16.9 Å². The van der Waals surface area contributed by atoms with Gasteiger partial charge in [-0.15, -0.1) is 5.10 Å². The fourth-order valence-electron chi connectivity index (χ4n) is 2.40. The van der Waals surface area contributed by atoms with Crippen LogP contribution < -0.4 is 0 Å². The van der Waals surface area contributed by atoms with Crippen LogP contribution >= 0.6 is 0 Å². The third-order valence-corrected chi connectivity index (χ3v) is 3.58. The fraction of sp³-hybridized carbons (Fsp3) is 0.176. The molecule has 2 aromatic carbocycles. The van der Waals surface area contributed by atoms with Gasteiger partial charge in [-0.2, -0.15) is 0 Å². The second-order valence-corrected chi connectivity index (χ2v) is 5.26. The normalized spacial score (nSPS) is 10.9. The van der Waals surface area contributed by atoms with E-state index in [4.69, 9.17) is 0 Å². The molecular formula is C17H16FN3O. The van der Waals surface area contributed by atoms with E-state index in [0.717, 1.165) is 11.1 Å². The molecule has 1 heterocycles. The minimum Gasteiger partial charge on any atom is -0.390 e. The van der Waals surface area contributed by atoms with E-state index in [-0.39, 0.29) is 12.4 Å². The molecule has 1 aromatic heterocycles. The molecule has 0 bridgehead atoms. The van der Waals surface area contributed by atoms with Gasteiger partial charge in [0.05, 0.1) is 12.3 Å². The standard InChI is InChI=1S/C17H16FN3O/c1-11-4-3-5-13(8-11)17-16(10-22)19-20-21(17)14-7-6-12(2)15(18)9-14/h3-9,22H,10H2,1-2H3. The second kappa shape index (κ2) is 5.69. The van der Waals surface area contributed by atoms with Crippen molar-refractivity contribution < 1.29 is 9.50 Å². The van der Waals surface area contributed by atoms with Crippen molar-refractivity contribution in [3.63, 3.8) is 0 Å². The lowest BCUT2D eigenvalue weighted by atomic mass is 10.1. The Labute approximate surface area is 127 Å². The Bertz CT molecular complexity index is 827. The average molecular weight is 297 g/mol. The van der Waals surface area contributed by atoms with Crippen molar-refractivity contribution >= 4 is 0 Å². The largest absolute Gasteiger partial charge is 0.390 e. The first kappa shape index (κ1) is 14.4. The second-order valence-electron chi connectivity index (χ2n) is 5.26. The quantitative estimate of drug-likeness (QED) is 0.808. The Morgan fingerprint density at radius 3 is 2.64 bits per heavy atom. The van der Waals surface area contributed by atoms with Gasteiger partial charge in [-0.1, -0.05) is 35.0 Å². The predicted octanol–water partition coefficient (Wildman–Crippen LogP) is 3.18. The Morgan fingerprint density at radius 2 is 1.95 bits per heavy atom. The van der Waals surface area contributed by atoms with E-state index in [1.54, 1.807) is 23.7 Å². The smallest absolute Gasteiger partial charge is 0.128 e. The highest BCUT2D eigenvalue weighted by Crippen LogP contribution is 2.26. The summed E-state index contributed by atoms with van der Waals surface area (Å²) < 4.78 is 15.4. The lowest BCUT2D eigenvalue weighted by molar-refractivity contribution is 0.277. The lowest BCUT2D eigenvalue weighted by Crippen LogP contribution is -2.01. The minimum absolute atomic E-state index is 0.225. The molecule has 0 radical (unpaired) electrons. The summed E-state index contributed by atoms with van der Waals surface area (Å²) >= 11 is 0. The molecule has 0 aliphatic heterocycles. The Morgan fingerprint density at radius 1 is 1.14 bits per heavy atom. The van der Waals surface area contributed by atoms with Crippen molar-refractivity contribution in [2.75, 3.05) is 0 Å². The van der Waals surface area contributed by atoms with Gasteiger partial charge in [-0.3, -0.25) is 0 Å². The number of aromatic nitrogens is 3. The molecule has 0 unspecified atom stereocenters. The highest BCUT2D eigenvalue weighted by Gasteiger charge is 2.16. The molecule has 112 valence electrons. The maximum Gasteiger partial charge on any atom is 0.128 e. The predicted molar refractivity (Wildman–Crippen MR) is 82.1 cm³/mol. The number of benzene rings is 2. The van der Waals surface area contributed by atoms with E-state index in [1.165, 1.54) is 6.07 Å². The van der Waals surface area contributed by atoms with Crippen molar-refractivity contribution in [2.24, 2.45) is 0 Å². The van der Waals surface area contributed by atoms with E-state index in [2.05, 4.69) is 10.3 Å². The molecule has 0 fully saturated rings. The Kier molecular flexibility index (Phi) is 3.73. The maximum atomic E-state index is 13.8. The van der Waals surface area contributed by atoms with Gasteiger partial charge in [0, 0.05) is 5.56 Å². The van der Waals surface area contributed by atoms with Crippen molar-refractivity contribution in [1.82, 2.24) is 15.0 Å². The zero-order valence-corrected chi connectivity index (χ0v) is 12.4. The summed E-state index contributed by atoms with van der Waals surface area (Å²) in [6.45, 7) is 3.47. The van der Waals surface area contributed by atoms with Crippen LogP contribution in [-0.4, -0.2) is 20.1 Å². The summed E-state index contributed by atoms with van der Waals surface area (Å²) in [5, 5.41) is 17.6. The monoisotopic (exact) mass is 297 g/mol. The first-order valence-corrected chi connectivity index (χ1v) is 6.99. The highest BCUT2D eigenvalue weighted by molar-refractivity contribution is 5.65. The summed E-state index contributed by atoms with van der Waals surface area (Å²) in [6, 6.07) is 12.7. The molecule has 0 atom stereocenters. The van der Waals surface area contributed by atoms with Gasteiger partial charge in [0.1, 0.15) is 17.2 Å². The number of hydrogen-bond donors (Lipinski definition) is 1. The van der Waals surface area contributed by atoms with Crippen LogP contribution in [0.25, 0.3) is 16.9 Å². The molecule has 3 aromatic rings. The summed E-state index contributed by atoms with van der Waals surface area (Å²) in [5.74, 6) is -0.297. The number of hydrogen-bond acceptors (Lipinski definition) is 3. The van der Waals surface area contributed by atoms with Crippen LogP contribution in [0.5, 0.6) is 0 Å². The SMILES string of the molecule is Cc1cccc(-c2c(CO)nnn2-c2ccc(C)c(F)c2)c1. The number of halogens is 1. The summed E-state index contributed by atoms with van der Waals surface area (Å²) in [4.78, 5) is 0. The van der Waals surface area contributed by atoms with E-state index in [0.29, 0.717) is 22.6 Å². The van der Waals surface area contributed by atoms with Gasteiger partial charge >= 0.3 is 0 Å². The molecule has 0 saturated heterocycles. The molecule has 0 aliphatic carbocycles. The van der Waals surface area contributed by atoms with Gasteiger partial charge in [0.25, 0.3) is 0 Å². The number of nitrogens with zero attached hydrogens (tertiary/aromatic N) is 3. The van der Waals surface area contributed by atoms with Crippen LogP contribution in [0.15, 0.2) is 42.5 Å². The van der Waals surface area contributed by atoms with E-state index >= 15 is 0 Å². The zero-order chi connectivity index (χ0) is 15.7. The first-order valence-electron chi connectivity index (χ1n) is 6.99. The third-order valence-electron chi connectivity index (χ3n) is 3.58. The van der Waals surface area contributed by atoms with Crippen molar-refractivity contribution in [3.05, 3.63) is 65.1 Å². The third kappa shape index (κ3) is 2.51. The van der Waals surface area contributed by atoms with Gasteiger partial charge in [0.15, 0.2) is 0 Å². The van der Waals surface area contributed by atoms with Crippen LogP contribution in [0.4, 0.5) is 4.39 Å².